The molecule has 2 aromatic carbocycles. The maximum atomic E-state index is 12.4. The molecular weight excluding hydrogens is 242 g/mol. The third-order valence-corrected chi connectivity index (χ3v) is 4.21. The predicted octanol–water partition coefficient (Wildman–Crippen LogP) is 3.48. The zero-order valence-corrected chi connectivity index (χ0v) is 11.1. The summed E-state index contributed by atoms with van der Waals surface area (Å²) in [6, 6.07) is 13.8. The Kier molecular flexibility index (Phi) is 2.56. The summed E-state index contributed by atoms with van der Waals surface area (Å²) >= 11 is 1.67. The molecule has 0 aliphatic carbocycles. The number of fused-ring (bicyclic) bond motifs is 2. The molecule has 3 heteroatoms. The van der Waals surface area contributed by atoms with Crippen molar-refractivity contribution in [2.24, 2.45) is 0 Å². The summed E-state index contributed by atoms with van der Waals surface area (Å²) in [5, 5.41) is 1.62. The number of benzene rings is 2. The zero-order valence-electron chi connectivity index (χ0n) is 10.3. The van der Waals surface area contributed by atoms with Crippen molar-refractivity contribution in [3.05, 3.63) is 52.7 Å². The lowest BCUT2D eigenvalue weighted by atomic mass is 10.1. The van der Waals surface area contributed by atoms with Crippen molar-refractivity contribution in [3.63, 3.8) is 0 Å². The van der Waals surface area contributed by atoms with Gasteiger partial charge in [0.15, 0.2) is 5.43 Å². The summed E-state index contributed by atoms with van der Waals surface area (Å²) in [7, 11) is 4.01. The van der Waals surface area contributed by atoms with Gasteiger partial charge in [-0.2, -0.15) is 0 Å². The van der Waals surface area contributed by atoms with Gasteiger partial charge >= 0.3 is 0 Å². The van der Waals surface area contributed by atoms with Crippen molar-refractivity contribution in [1.29, 1.82) is 0 Å². The number of rotatable bonds is 1. The molecule has 0 fully saturated rings. The Morgan fingerprint density at radius 1 is 0.944 bits per heavy atom. The lowest BCUT2D eigenvalue weighted by Crippen LogP contribution is -2.09. The molecule has 1 aromatic heterocycles. The lowest BCUT2D eigenvalue weighted by Gasteiger charge is -2.12. The van der Waals surface area contributed by atoms with Crippen LogP contribution in [0.5, 0.6) is 0 Å². The number of hydrogen-bond acceptors (Lipinski definition) is 3. The molecule has 0 spiro atoms. The van der Waals surface area contributed by atoms with Gasteiger partial charge < -0.3 is 4.90 Å². The van der Waals surface area contributed by atoms with Gasteiger partial charge in [-0.05, 0) is 30.3 Å². The van der Waals surface area contributed by atoms with Gasteiger partial charge in [0.05, 0.1) is 0 Å². The van der Waals surface area contributed by atoms with Gasteiger partial charge in [-0.25, -0.2) is 0 Å². The van der Waals surface area contributed by atoms with Crippen LogP contribution in [-0.4, -0.2) is 14.1 Å². The molecule has 0 N–H and O–H groups in total. The summed E-state index contributed by atoms with van der Waals surface area (Å²) in [6.45, 7) is 0. The van der Waals surface area contributed by atoms with Crippen molar-refractivity contribution >= 4 is 37.2 Å². The summed E-state index contributed by atoms with van der Waals surface area (Å²) in [5.41, 5.74) is 1.25. The molecular formula is C15H13NOS. The second kappa shape index (κ2) is 4.10. The molecule has 0 saturated carbocycles. The SMILES string of the molecule is CN(C)c1ccc2c(=O)c3ccccc3sc2c1. The van der Waals surface area contributed by atoms with Crippen LogP contribution in [0, 0.1) is 0 Å². The summed E-state index contributed by atoms with van der Waals surface area (Å²) < 4.78 is 2.09. The second-order valence-corrected chi connectivity index (χ2v) is 5.59. The number of anilines is 1. The first-order chi connectivity index (χ1) is 8.66. The first-order valence-corrected chi connectivity index (χ1v) is 6.61. The van der Waals surface area contributed by atoms with Crippen LogP contribution in [0.1, 0.15) is 0 Å². The highest BCUT2D eigenvalue weighted by atomic mass is 32.1. The second-order valence-electron chi connectivity index (χ2n) is 4.50. The van der Waals surface area contributed by atoms with Crippen molar-refractivity contribution in [1.82, 2.24) is 0 Å². The number of nitrogens with zero attached hydrogens (tertiary/aromatic N) is 1. The van der Waals surface area contributed by atoms with E-state index in [1.165, 1.54) is 0 Å². The minimum Gasteiger partial charge on any atom is -0.378 e. The molecule has 0 bridgehead atoms. The van der Waals surface area contributed by atoms with E-state index < -0.39 is 0 Å². The molecule has 3 rings (SSSR count). The Morgan fingerprint density at radius 2 is 1.67 bits per heavy atom. The van der Waals surface area contributed by atoms with E-state index in [-0.39, 0.29) is 5.43 Å². The maximum Gasteiger partial charge on any atom is 0.195 e. The van der Waals surface area contributed by atoms with Crippen LogP contribution in [0.2, 0.25) is 0 Å². The third-order valence-electron chi connectivity index (χ3n) is 3.08. The minimum absolute atomic E-state index is 0.129. The van der Waals surface area contributed by atoms with Crippen LogP contribution in [0.3, 0.4) is 0 Å². The average Bonchev–Trinajstić information content (AvgIpc) is 2.38. The molecule has 18 heavy (non-hydrogen) atoms. The fourth-order valence-corrected chi connectivity index (χ4v) is 3.17. The van der Waals surface area contributed by atoms with Crippen LogP contribution in [-0.2, 0) is 0 Å². The van der Waals surface area contributed by atoms with Crippen molar-refractivity contribution in [2.45, 2.75) is 0 Å². The molecule has 0 unspecified atom stereocenters. The van der Waals surface area contributed by atoms with Crippen LogP contribution >= 0.6 is 11.3 Å². The Labute approximate surface area is 109 Å². The molecule has 1 heterocycles. The van der Waals surface area contributed by atoms with E-state index >= 15 is 0 Å². The zero-order chi connectivity index (χ0) is 12.7. The van der Waals surface area contributed by atoms with Crippen LogP contribution in [0.4, 0.5) is 5.69 Å². The largest absolute Gasteiger partial charge is 0.378 e. The van der Waals surface area contributed by atoms with E-state index in [1.54, 1.807) is 11.3 Å². The van der Waals surface area contributed by atoms with Gasteiger partial charge in [0.2, 0.25) is 0 Å². The number of hydrogen-bond donors (Lipinski definition) is 0. The quantitative estimate of drug-likeness (QED) is 0.620. The van der Waals surface area contributed by atoms with E-state index in [1.807, 2.05) is 55.4 Å². The van der Waals surface area contributed by atoms with Gasteiger partial charge in [-0.3, -0.25) is 4.79 Å². The maximum absolute atomic E-state index is 12.4. The Morgan fingerprint density at radius 3 is 2.44 bits per heavy atom. The Balaban J connectivity index is 2.44. The Bertz CT molecular complexity index is 789. The first kappa shape index (κ1) is 11.2. The predicted molar refractivity (Wildman–Crippen MR) is 79.9 cm³/mol. The molecule has 0 amide bonds. The molecule has 0 atom stereocenters. The van der Waals surface area contributed by atoms with E-state index in [2.05, 4.69) is 6.07 Å². The summed E-state index contributed by atoms with van der Waals surface area (Å²) in [6.07, 6.45) is 0. The summed E-state index contributed by atoms with van der Waals surface area (Å²) in [5.74, 6) is 0. The van der Waals surface area contributed by atoms with Gasteiger partial charge in [0.1, 0.15) is 0 Å². The highest BCUT2D eigenvalue weighted by Crippen LogP contribution is 2.27. The van der Waals surface area contributed by atoms with Crippen LogP contribution < -0.4 is 10.3 Å². The highest BCUT2D eigenvalue weighted by molar-refractivity contribution is 7.24. The van der Waals surface area contributed by atoms with E-state index in [0.29, 0.717) is 0 Å². The molecule has 3 aromatic rings. The van der Waals surface area contributed by atoms with Crippen LogP contribution in [0.25, 0.3) is 20.2 Å². The van der Waals surface area contributed by atoms with Crippen molar-refractivity contribution in [3.8, 4) is 0 Å². The van der Waals surface area contributed by atoms with Crippen molar-refractivity contribution < 1.29 is 0 Å². The highest BCUT2D eigenvalue weighted by Gasteiger charge is 2.06. The molecule has 0 saturated heterocycles. The summed E-state index contributed by atoms with van der Waals surface area (Å²) in [4.78, 5) is 14.4. The van der Waals surface area contributed by atoms with E-state index in [0.717, 1.165) is 25.9 Å². The molecule has 0 radical (unpaired) electrons. The fourth-order valence-electron chi connectivity index (χ4n) is 2.07. The third kappa shape index (κ3) is 1.68. The standard InChI is InChI=1S/C15H13NOS/c1-16(2)10-7-8-12-14(9-10)18-13-6-4-3-5-11(13)15(12)17/h3-9H,1-2H3. The van der Waals surface area contributed by atoms with Crippen LogP contribution in [0.15, 0.2) is 47.3 Å². The van der Waals surface area contributed by atoms with E-state index in [9.17, 15) is 4.79 Å². The average molecular weight is 255 g/mol. The smallest absolute Gasteiger partial charge is 0.195 e. The Hall–Kier alpha value is -1.87. The van der Waals surface area contributed by atoms with Gasteiger partial charge in [0.25, 0.3) is 0 Å². The van der Waals surface area contributed by atoms with Gasteiger partial charge in [0, 0.05) is 40.0 Å². The minimum atomic E-state index is 0.129. The first-order valence-electron chi connectivity index (χ1n) is 5.80. The molecule has 0 aliphatic rings. The lowest BCUT2D eigenvalue weighted by molar-refractivity contribution is 1.14. The molecule has 0 aliphatic heterocycles. The molecule has 2 nitrogen and oxygen atoms in total. The monoisotopic (exact) mass is 255 g/mol. The van der Waals surface area contributed by atoms with Gasteiger partial charge in [-0.15, -0.1) is 11.3 Å². The molecule has 90 valence electrons. The van der Waals surface area contributed by atoms with Gasteiger partial charge in [-0.1, -0.05) is 12.1 Å². The van der Waals surface area contributed by atoms with E-state index in [4.69, 9.17) is 0 Å². The van der Waals surface area contributed by atoms with Crippen molar-refractivity contribution in [2.75, 3.05) is 19.0 Å². The topological polar surface area (TPSA) is 20.3 Å². The fraction of sp³-hybridized carbons (Fsp3) is 0.133. The normalized spacial score (nSPS) is 11.0.